The van der Waals surface area contributed by atoms with Gasteiger partial charge in [-0.3, -0.25) is 19.4 Å². The number of carboxylic acids is 1. The molecule has 0 bridgehead atoms. The van der Waals surface area contributed by atoms with E-state index in [-0.39, 0.29) is 19.5 Å². The minimum atomic E-state index is -4.16. The first-order valence-corrected chi connectivity index (χ1v) is 9.30. The number of hydrogen-bond acceptors (Lipinski definition) is 5. The highest BCUT2D eigenvalue weighted by atomic mass is 32.2. The van der Waals surface area contributed by atoms with E-state index in [0.717, 1.165) is 5.69 Å². The molecule has 2 N–H and O–H groups in total. The van der Waals surface area contributed by atoms with Gasteiger partial charge in [-0.05, 0) is 24.3 Å². The zero-order valence-electron chi connectivity index (χ0n) is 13.5. The van der Waals surface area contributed by atoms with E-state index in [4.69, 9.17) is 9.66 Å². The molecule has 0 radical (unpaired) electrons. The number of hydrogen-bond donors (Lipinski definition) is 2. The quantitative estimate of drug-likeness (QED) is 0.520. The Balaban J connectivity index is 2.38. The summed E-state index contributed by atoms with van der Waals surface area (Å²) in [6, 6.07) is 18.1. The first-order chi connectivity index (χ1) is 11.9. The van der Waals surface area contributed by atoms with E-state index in [1.54, 1.807) is 34.3 Å². The molecule has 134 valence electrons. The number of hydrazine groups is 1. The Hall–Kier alpha value is -2.58. The highest BCUT2D eigenvalue weighted by Crippen LogP contribution is 2.23. The first-order valence-electron chi connectivity index (χ1n) is 7.69. The van der Waals surface area contributed by atoms with Gasteiger partial charge >= 0.3 is 5.97 Å². The van der Waals surface area contributed by atoms with Gasteiger partial charge in [0.1, 0.15) is 0 Å². The van der Waals surface area contributed by atoms with Crippen molar-refractivity contribution in [2.75, 3.05) is 28.9 Å². The van der Waals surface area contributed by atoms with Gasteiger partial charge in [0.25, 0.3) is 10.1 Å². The second kappa shape index (κ2) is 8.50. The van der Waals surface area contributed by atoms with Crippen molar-refractivity contribution in [1.82, 2.24) is 0 Å². The third-order valence-electron chi connectivity index (χ3n) is 3.50. The van der Waals surface area contributed by atoms with Crippen molar-refractivity contribution < 1.29 is 22.9 Å². The summed E-state index contributed by atoms with van der Waals surface area (Å²) in [6.07, 6.45) is -0.121. The molecular formula is C17H20N2O5S. The van der Waals surface area contributed by atoms with Crippen LogP contribution in [0.15, 0.2) is 60.7 Å². The van der Waals surface area contributed by atoms with E-state index in [9.17, 15) is 13.2 Å². The number of carbonyl (C=O) groups is 1. The number of anilines is 2. The molecule has 8 heteroatoms. The Morgan fingerprint density at radius 2 is 1.28 bits per heavy atom. The summed E-state index contributed by atoms with van der Waals surface area (Å²) in [5, 5.41) is 12.4. The highest BCUT2D eigenvalue weighted by molar-refractivity contribution is 7.85. The first kappa shape index (κ1) is 18.8. The summed E-state index contributed by atoms with van der Waals surface area (Å²) in [6.45, 7) is 0.136. The van der Waals surface area contributed by atoms with Crippen LogP contribution in [0.25, 0.3) is 0 Å². The SMILES string of the molecule is O=C(O)CCN(c1ccccc1)N(CCS(=O)(=O)O)c1ccccc1. The van der Waals surface area contributed by atoms with Crippen molar-refractivity contribution in [3.8, 4) is 0 Å². The molecular weight excluding hydrogens is 344 g/mol. The lowest BCUT2D eigenvalue weighted by Gasteiger charge is -2.38. The normalized spacial score (nSPS) is 11.1. The average molecular weight is 364 g/mol. The molecule has 0 amide bonds. The maximum Gasteiger partial charge on any atom is 0.305 e. The molecule has 0 atom stereocenters. The fourth-order valence-corrected chi connectivity index (χ4v) is 2.79. The van der Waals surface area contributed by atoms with Crippen LogP contribution in [-0.2, 0) is 14.9 Å². The second-order valence-electron chi connectivity index (χ2n) is 5.35. The largest absolute Gasteiger partial charge is 0.481 e. The van der Waals surface area contributed by atoms with Gasteiger partial charge in [-0.15, -0.1) is 0 Å². The van der Waals surface area contributed by atoms with Crippen LogP contribution < -0.4 is 10.0 Å². The molecule has 2 rings (SSSR count). The van der Waals surface area contributed by atoms with Crippen molar-refractivity contribution in [3.63, 3.8) is 0 Å². The monoisotopic (exact) mass is 364 g/mol. The third-order valence-corrected chi connectivity index (χ3v) is 4.20. The molecule has 0 aliphatic heterocycles. The van der Waals surface area contributed by atoms with Crippen molar-refractivity contribution in [2.45, 2.75) is 6.42 Å². The number of benzene rings is 2. The van der Waals surface area contributed by atoms with Crippen LogP contribution >= 0.6 is 0 Å². The van der Waals surface area contributed by atoms with Gasteiger partial charge in [0.2, 0.25) is 0 Å². The molecule has 25 heavy (non-hydrogen) atoms. The fourth-order valence-electron chi connectivity index (χ4n) is 2.38. The molecule has 0 saturated carbocycles. The van der Waals surface area contributed by atoms with Gasteiger partial charge < -0.3 is 5.11 Å². The number of aliphatic carboxylic acids is 1. The Bertz CT molecular complexity index is 781. The number of carboxylic acid groups (broad SMARTS) is 1. The average Bonchev–Trinajstić information content (AvgIpc) is 2.58. The molecule has 0 aliphatic rings. The predicted molar refractivity (Wildman–Crippen MR) is 96.2 cm³/mol. The van der Waals surface area contributed by atoms with Gasteiger partial charge in [-0.25, -0.2) is 0 Å². The van der Waals surface area contributed by atoms with Crippen molar-refractivity contribution in [1.29, 1.82) is 0 Å². The van der Waals surface area contributed by atoms with Crippen LogP contribution in [0.2, 0.25) is 0 Å². The molecule has 0 heterocycles. The van der Waals surface area contributed by atoms with Gasteiger partial charge in [0.15, 0.2) is 0 Å². The molecule has 0 saturated heterocycles. The lowest BCUT2D eigenvalue weighted by Crippen LogP contribution is -2.46. The molecule has 2 aromatic rings. The third kappa shape index (κ3) is 6.09. The predicted octanol–water partition coefficient (Wildman–Crippen LogP) is 2.28. The van der Waals surface area contributed by atoms with Crippen LogP contribution in [0.1, 0.15) is 6.42 Å². The van der Waals surface area contributed by atoms with E-state index in [0.29, 0.717) is 5.69 Å². The van der Waals surface area contributed by atoms with E-state index >= 15 is 0 Å². The van der Waals surface area contributed by atoms with Crippen LogP contribution in [0.4, 0.5) is 11.4 Å². The fraction of sp³-hybridized carbons (Fsp3) is 0.235. The maximum absolute atomic E-state index is 11.2. The Morgan fingerprint density at radius 1 is 0.840 bits per heavy atom. The Morgan fingerprint density at radius 3 is 1.68 bits per heavy atom. The number of nitrogens with zero attached hydrogens (tertiary/aromatic N) is 2. The van der Waals surface area contributed by atoms with Crippen LogP contribution in [-0.4, -0.2) is 42.9 Å². The summed E-state index contributed by atoms with van der Waals surface area (Å²) in [5.41, 5.74) is 1.42. The molecule has 0 aromatic heterocycles. The molecule has 0 fully saturated rings. The zero-order valence-corrected chi connectivity index (χ0v) is 14.3. The van der Waals surface area contributed by atoms with Crippen LogP contribution in [0.5, 0.6) is 0 Å². The van der Waals surface area contributed by atoms with Crippen LogP contribution in [0.3, 0.4) is 0 Å². The van der Waals surface area contributed by atoms with E-state index < -0.39 is 21.8 Å². The van der Waals surface area contributed by atoms with Gasteiger partial charge in [0, 0.05) is 0 Å². The summed E-state index contributed by atoms with van der Waals surface area (Å²) >= 11 is 0. The topological polar surface area (TPSA) is 98.2 Å². The zero-order chi connectivity index (χ0) is 18.3. The molecule has 0 aliphatic carbocycles. The summed E-state index contributed by atoms with van der Waals surface area (Å²) in [4.78, 5) is 11.0. The van der Waals surface area contributed by atoms with Crippen molar-refractivity contribution in [2.24, 2.45) is 0 Å². The summed E-state index contributed by atoms with van der Waals surface area (Å²) in [5.74, 6) is -1.43. The van der Waals surface area contributed by atoms with Gasteiger partial charge in [0.05, 0.1) is 36.6 Å². The summed E-state index contributed by atoms with van der Waals surface area (Å²) in [7, 11) is -4.16. The molecule has 0 spiro atoms. The van der Waals surface area contributed by atoms with Crippen molar-refractivity contribution in [3.05, 3.63) is 60.7 Å². The second-order valence-corrected chi connectivity index (χ2v) is 6.92. The lowest BCUT2D eigenvalue weighted by molar-refractivity contribution is -0.136. The highest BCUT2D eigenvalue weighted by Gasteiger charge is 2.20. The number of rotatable bonds is 9. The van der Waals surface area contributed by atoms with Gasteiger partial charge in [-0.2, -0.15) is 8.42 Å². The van der Waals surface area contributed by atoms with E-state index in [2.05, 4.69) is 0 Å². The minimum absolute atomic E-state index is 0.0165. The standard InChI is InChI=1S/C17H20N2O5S/c20-17(21)11-12-18(15-7-3-1-4-8-15)19(13-14-25(22,23)24)16-9-5-2-6-10-16/h1-10H,11-14H2,(H,20,21)(H,22,23,24). The molecule has 2 aromatic carbocycles. The van der Waals surface area contributed by atoms with Gasteiger partial charge in [-0.1, -0.05) is 36.4 Å². The Kier molecular flexibility index (Phi) is 6.37. The summed E-state index contributed by atoms with van der Waals surface area (Å²) < 4.78 is 31.5. The van der Waals surface area contributed by atoms with E-state index in [1.807, 2.05) is 36.4 Å². The smallest absolute Gasteiger partial charge is 0.305 e. The van der Waals surface area contributed by atoms with E-state index in [1.165, 1.54) is 0 Å². The van der Waals surface area contributed by atoms with Crippen molar-refractivity contribution >= 4 is 27.5 Å². The molecule has 0 unspecified atom stereocenters. The number of para-hydroxylation sites is 2. The lowest BCUT2D eigenvalue weighted by atomic mass is 10.2. The van der Waals surface area contributed by atoms with Crippen LogP contribution in [0, 0.1) is 0 Å². The minimum Gasteiger partial charge on any atom is -0.481 e. The molecule has 7 nitrogen and oxygen atoms in total. The Labute approximate surface area is 146 Å². The maximum atomic E-state index is 11.2.